The lowest BCUT2D eigenvalue weighted by Gasteiger charge is -2.13. The summed E-state index contributed by atoms with van der Waals surface area (Å²) in [5.74, 6) is -1.00. The summed E-state index contributed by atoms with van der Waals surface area (Å²) in [4.78, 5) is 26.1. The van der Waals surface area contributed by atoms with Gasteiger partial charge in [0.05, 0.1) is 16.6 Å². The Kier molecular flexibility index (Phi) is 2.52. The third kappa shape index (κ3) is 1.85. The second-order valence-electron chi connectivity index (χ2n) is 5.38. The van der Waals surface area contributed by atoms with Gasteiger partial charge in [-0.05, 0) is 36.8 Å². The van der Waals surface area contributed by atoms with Crippen LogP contribution in [0, 0.1) is 5.41 Å². The molecule has 0 amide bonds. The number of carboxylic acids is 1. The van der Waals surface area contributed by atoms with Gasteiger partial charge < -0.3 is 10.1 Å². The fourth-order valence-electron chi connectivity index (χ4n) is 2.68. The quantitative estimate of drug-likeness (QED) is 0.885. The van der Waals surface area contributed by atoms with Gasteiger partial charge in [0.2, 0.25) is 0 Å². The normalized spacial score (nSPS) is 16.7. The zero-order chi connectivity index (χ0) is 13.6. The summed E-state index contributed by atoms with van der Waals surface area (Å²) in [6.07, 6.45) is 3.23. The van der Waals surface area contributed by atoms with Gasteiger partial charge in [-0.25, -0.2) is 9.59 Å². The molecule has 1 saturated carbocycles. The third-order valence-electron chi connectivity index (χ3n) is 4.22. The van der Waals surface area contributed by atoms with Crippen molar-refractivity contribution in [3.8, 4) is 0 Å². The Morgan fingerprint density at radius 1 is 1.47 bits per heavy atom. The van der Waals surface area contributed by atoms with Crippen molar-refractivity contribution in [2.24, 2.45) is 5.41 Å². The summed E-state index contributed by atoms with van der Waals surface area (Å²) < 4.78 is 1.59. The third-order valence-corrected chi connectivity index (χ3v) is 4.22. The number of aromatic nitrogens is 2. The molecular formula is C14H16N2O3. The number of carbonyl (C=O) groups is 1. The van der Waals surface area contributed by atoms with Crippen LogP contribution in [0.2, 0.25) is 0 Å². The molecule has 0 aliphatic heterocycles. The van der Waals surface area contributed by atoms with Gasteiger partial charge in [0.15, 0.2) is 0 Å². The molecule has 5 nitrogen and oxygen atoms in total. The van der Waals surface area contributed by atoms with Crippen LogP contribution in [0.3, 0.4) is 0 Å². The Morgan fingerprint density at radius 3 is 2.79 bits per heavy atom. The van der Waals surface area contributed by atoms with Crippen LogP contribution < -0.4 is 5.69 Å². The number of aromatic amines is 1. The van der Waals surface area contributed by atoms with Crippen molar-refractivity contribution in [1.82, 2.24) is 9.55 Å². The molecule has 0 bridgehead atoms. The van der Waals surface area contributed by atoms with Crippen molar-refractivity contribution < 1.29 is 9.90 Å². The van der Waals surface area contributed by atoms with E-state index in [4.69, 9.17) is 0 Å². The molecule has 1 fully saturated rings. The van der Waals surface area contributed by atoms with E-state index in [-0.39, 0.29) is 16.7 Å². The van der Waals surface area contributed by atoms with E-state index < -0.39 is 5.97 Å². The molecule has 19 heavy (non-hydrogen) atoms. The molecule has 1 aliphatic carbocycles. The zero-order valence-corrected chi connectivity index (χ0v) is 10.8. The van der Waals surface area contributed by atoms with Crippen molar-refractivity contribution in [3.63, 3.8) is 0 Å². The van der Waals surface area contributed by atoms with E-state index in [0.717, 1.165) is 19.3 Å². The lowest BCUT2D eigenvalue weighted by molar-refractivity contribution is 0.0698. The summed E-state index contributed by atoms with van der Waals surface area (Å²) in [5.41, 5.74) is 1.26. The number of H-pyrrole nitrogens is 1. The molecule has 0 saturated heterocycles. The number of para-hydroxylation sites is 1. The molecule has 5 heteroatoms. The number of benzene rings is 1. The highest BCUT2D eigenvalue weighted by molar-refractivity contribution is 6.01. The lowest BCUT2D eigenvalue weighted by atomic mass is 10.0. The second-order valence-corrected chi connectivity index (χ2v) is 5.38. The molecule has 0 atom stereocenters. The second kappa shape index (κ2) is 3.98. The molecule has 0 radical (unpaired) electrons. The van der Waals surface area contributed by atoms with E-state index >= 15 is 0 Å². The number of nitrogens with zero attached hydrogens (tertiary/aromatic N) is 1. The minimum Gasteiger partial charge on any atom is -0.478 e. The van der Waals surface area contributed by atoms with E-state index in [9.17, 15) is 14.7 Å². The highest BCUT2D eigenvalue weighted by Crippen LogP contribution is 2.50. The van der Waals surface area contributed by atoms with Gasteiger partial charge in [0, 0.05) is 6.54 Å². The summed E-state index contributed by atoms with van der Waals surface area (Å²) in [5, 5.41) is 9.26. The van der Waals surface area contributed by atoms with Crippen LogP contribution in [0.4, 0.5) is 0 Å². The number of hydrogen-bond acceptors (Lipinski definition) is 2. The summed E-state index contributed by atoms with van der Waals surface area (Å²) in [6, 6.07) is 4.93. The minimum atomic E-state index is -1.00. The standard InChI is InChI=1S/C14H16N2O3/c1-2-14(6-7-14)8-16-11-9(12(17)18)4-3-5-10(11)15-13(16)19/h3-5H,2,6-8H2,1H3,(H,15,19)(H,17,18). The Balaban J connectivity index is 2.20. The van der Waals surface area contributed by atoms with Crippen LogP contribution >= 0.6 is 0 Å². The summed E-state index contributed by atoms with van der Waals surface area (Å²) in [6.45, 7) is 2.72. The summed E-state index contributed by atoms with van der Waals surface area (Å²) >= 11 is 0. The Morgan fingerprint density at radius 2 is 2.21 bits per heavy atom. The van der Waals surface area contributed by atoms with Crippen molar-refractivity contribution in [2.45, 2.75) is 32.7 Å². The lowest BCUT2D eigenvalue weighted by Crippen LogP contribution is -2.23. The van der Waals surface area contributed by atoms with Crippen LogP contribution in [0.1, 0.15) is 36.5 Å². The highest BCUT2D eigenvalue weighted by atomic mass is 16.4. The molecule has 100 valence electrons. The van der Waals surface area contributed by atoms with Gasteiger partial charge in [-0.2, -0.15) is 0 Å². The van der Waals surface area contributed by atoms with E-state index in [1.165, 1.54) is 0 Å². The van der Waals surface area contributed by atoms with E-state index in [2.05, 4.69) is 11.9 Å². The maximum Gasteiger partial charge on any atom is 0.337 e. The first-order chi connectivity index (χ1) is 9.06. The molecule has 1 aliphatic rings. The molecule has 1 aromatic carbocycles. The predicted octanol–water partition coefficient (Wildman–Crippen LogP) is 2.22. The van der Waals surface area contributed by atoms with Crippen molar-refractivity contribution in [2.75, 3.05) is 0 Å². The number of aromatic carboxylic acids is 1. The topological polar surface area (TPSA) is 75.1 Å². The Bertz CT molecular complexity index is 707. The van der Waals surface area contributed by atoms with Gasteiger partial charge in [-0.15, -0.1) is 0 Å². The molecule has 0 spiro atoms. The predicted molar refractivity (Wildman–Crippen MR) is 71.5 cm³/mol. The summed E-state index contributed by atoms with van der Waals surface area (Å²) in [7, 11) is 0. The first kappa shape index (κ1) is 12.0. The Labute approximate surface area is 109 Å². The molecule has 2 aromatic rings. The van der Waals surface area contributed by atoms with Crippen LogP contribution in [-0.4, -0.2) is 20.6 Å². The molecule has 0 unspecified atom stereocenters. The molecule has 2 N–H and O–H groups in total. The molecular weight excluding hydrogens is 244 g/mol. The first-order valence-corrected chi connectivity index (χ1v) is 6.51. The maximum atomic E-state index is 12.0. The van der Waals surface area contributed by atoms with Crippen molar-refractivity contribution in [1.29, 1.82) is 0 Å². The number of nitrogens with one attached hydrogen (secondary N) is 1. The zero-order valence-electron chi connectivity index (χ0n) is 10.8. The minimum absolute atomic E-state index is 0.183. The van der Waals surface area contributed by atoms with Gasteiger partial charge >= 0.3 is 11.7 Å². The largest absolute Gasteiger partial charge is 0.478 e. The highest BCUT2D eigenvalue weighted by Gasteiger charge is 2.41. The van der Waals surface area contributed by atoms with Crippen LogP contribution in [-0.2, 0) is 6.54 Å². The van der Waals surface area contributed by atoms with E-state index in [1.807, 2.05) is 0 Å². The number of imidazole rings is 1. The van der Waals surface area contributed by atoms with Gasteiger partial charge in [0.25, 0.3) is 0 Å². The molecule has 1 heterocycles. The number of carboxylic acid groups (broad SMARTS) is 1. The van der Waals surface area contributed by atoms with Crippen molar-refractivity contribution in [3.05, 3.63) is 34.2 Å². The van der Waals surface area contributed by atoms with Crippen LogP contribution in [0.15, 0.2) is 23.0 Å². The SMILES string of the molecule is CCC1(Cn2c(=O)[nH]c3cccc(C(=O)O)c32)CC1. The molecule has 3 rings (SSSR count). The van der Waals surface area contributed by atoms with Crippen LogP contribution in [0.5, 0.6) is 0 Å². The number of rotatable bonds is 4. The fourth-order valence-corrected chi connectivity index (χ4v) is 2.68. The van der Waals surface area contributed by atoms with E-state index in [0.29, 0.717) is 17.6 Å². The van der Waals surface area contributed by atoms with Gasteiger partial charge in [-0.1, -0.05) is 13.0 Å². The first-order valence-electron chi connectivity index (χ1n) is 6.51. The number of fused-ring (bicyclic) bond motifs is 1. The van der Waals surface area contributed by atoms with Crippen molar-refractivity contribution >= 4 is 17.0 Å². The van der Waals surface area contributed by atoms with Gasteiger partial charge in [0.1, 0.15) is 0 Å². The number of hydrogen-bond donors (Lipinski definition) is 2. The molecule has 1 aromatic heterocycles. The maximum absolute atomic E-state index is 12.0. The fraction of sp³-hybridized carbons (Fsp3) is 0.429. The van der Waals surface area contributed by atoms with Crippen LogP contribution in [0.25, 0.3) is 11.0 Å². The van der Waals surface area contributed by atoms with E-state index in [1.54, 1.807) is 22.8 Å². The average molecular weight is 260 g/mol. The smallest absolute Gasteiger partial charge is 0.337 e. The monoisotopic (exact) mass is 260 g/mol. The average Bonchev–Trinajstić information content (AvgIpc) is 3.09. The van der Waals surface area contributed by atoms with Gasteiger partial charge in [-0.3, -0.25) is 4.57 Å². The Hall–Kier alpha value is -2.04.